The minimum absolute atomic E-state index is 0.0552. The molecule has 1 aromatic carbocycles. The zero-order valence-corrected chi connectivity index (χ0v) is 10.0. The first kappa shape index (κ1) is 11.0. The summed E-state index contributed by atoms with van der Waals surface area (Å²) in [6.07, 6.45) is 0. The minimum atomic E-state index is -3.86. The Balaban J connectivity index is 2.95. The van der Waals surface area contributed by atoms with Gasteiger partial charge in [-0.05, 0) is 23.7 Å². The first-order valence-corrected chi connectivity index (χ1v) is 6.74. The van der Waals surface area contributed by atoms with Gasteiger partial charge in [0.05, 0.1) is 10.5 Å². The number of benzene rings is 1. The minimum Gasteiger partial charge on any atom is -0.327 e. The van der Waals surface area contributed by atoms with Crippen LogP contribution >= 0.6 is 33.9 Å². The monoisotopic (exact) mass is 284 g/mol. The summed E-state index contributed by atoms with van der Waals surface area (Å²) in [6.45, 7) is 0. The third-order valence-corrected chi connectivity index (χ3v) is 3.64. The van der Waals surface area contributed by atoms with Crippen LogP contribution in [0.4, 0.5) is 0 Å². The number of rotatable bonds is 1. The molecule has 0 atom stereocenters. The van der Waals surface area contributed by atoms with Gasteiger partial charge in [0.2, 0.25) is 5.28 Å². The summed E-state index contributed by atoms with van der Waals surface area (Å²) in [4.78, 5) is 6.32. The maximum absolute atomic E-state index is 11.2. The molecule has 4 nitrogen and oxygen atoms in total. The molecule has 2 rings (SSSR count). The van der Waals surface area contributed by atoms with Gasteiger partial charge >= 0.3 is 0 Å². The molecule has 0 radical (unpaired) electrons. The highest BCUT2D eigenvalue weighted by atomic mass is 35.7. The normalized spacial score (nSPS) is 12.2. The molecule has 2 aromatic rings. The third-order valence-electron chi connectivity index (χ3n) is 1.79. The van der Waals surface area contributed by atoms with Crippen molar-refractivity contribution < 1.29 is 8.42 Å². The van der Waals surface area contributed by atoms with Crippen molar-refractivity contribution in [1.29, 1.82) is 0 Å². The van der Waals surface area contributed by atoms with Crippen LogP contribution in [0.3, 0.4) is 0 Å². The summed E-state index contributed by atoms with van der Waals surface area (Å²) in [5, 5.41) is 0.383. The van der Waals surface area contributed by atoms with Crippen LogP contribution in [0.1, 0.15) is 0 Å². The van der Waals surface area contributed by atoms with E-state index in [9.17, 15) is 8.42 Å². The Kier molecular flexibility index (Phi) is 2.58. The van der Waals surface area contributed by atoms with E-state index < -0.39 is 9.05 Å². The fourth-order valence-electron chi connectivity index (χ4n) is 1.20. The van der Waals surface area contributed by atoms with Gasteiger partial charge in [-0.25, -0.2) is 13.4 Å². The number of hydrogen-bond donors (Lipinski definition) is 1. The lowest BCUT2D eigenvalue weighted by molar-refractivity contribution is 0.610. The summed E-state index contributed by atoms with van der Waals surface area (Å²) in [5.74, 6) is 0. The number of H-pyrrole nitrogens is 1. The Morgan fingerprint density at radius 3 is 2.53 bits per heavy atom. The fraction of sp³-hybridized carbons (Fsp3) is 0. The maximum Gasteiger partial charge on any atom is 0.263 e. The molecule has 0 aliphatic carbocycles. The van der Waals surface area contributed by atoms with Gasteiger partial charge in [-0.15, -0.1) is 0 Å². The summed E-state index contributed by atoms with van der Waals surface area (Å²) in [7, 11) is 1.37. The van der Waals surface area contributed by atoms with Crippen molar-refractivity contribution >= 4 is 54.0 Å². The summed E-state index contributed by atoms with van der Waals surface area (Å²) in [6, 6.07) is 2.69. The second kappa shape index (κ2) is 3.52. The molecule has 0 unspecified atom stereocenters. The molecule has 0 aliphatic rings. The molecule has 0 spiro atoms. The van der Waals surface area contributed by atoms with E-state index >= 15 is 0 Å². The molecule has 0 amide bonds. The molecule has 1 heterocycles. The molecule has 0 aliphatic heterocycles. The average molecular weight is 286 g/mol. The van der Waals surface area contributed by atoms with Crippen LogP contribution in [-0.4, -0.2) is 18.4 Å². The second-order valence-corrected chi connectivity index (χ2v) is 6.03. The molecule has 1 aromatic heterocycles. The van der Waals surface area contributed by atoms with Gasteiger partial charge in [0.1, 0.15) is 10.4 Å². The van der Waals surface area contributed by atoms with Crippen LogP contribution in [0, 0.1) is 0 Å². The predicted molar refractivity (Wildman–Crippen MR) is 59.2 cm³/mol. The highest BCUT2D eigenvalue weighted by Gasteiger charge is 2.18. The number of nitrogens with one attached hydrogen (secondary N) is 1. The van der Waals surface area contributed by atoms with Gasteiger partial charge in [0, 0.05) is 10.7 Å². The van der Waals surface area contributed by atoms with Crippen molar-refractivity contribution in [3.8, 4) is 0 Å². The molecular weight excluding hydrogens is 283 g/mol. The Labute approximate surface area is 99.6 Å². The van der Waals surface area contributed by atoms with E-state index in [1.807, 2.05) is 0 Å². The van der Waals surface area contributed by atoms with Gasteiger partial charge in [-0.3, -0.25) is 0 Å². The van der Waals surface area contributed by atoms with E-state index in [0.29, 0.717) is 10.5 Å². The van der Waals surface area contributed by atoms with Crippen molar-refractivity contribution in [2.45, 2.75) is 4.90 Å². The van der Waals surface area contributed by atoms with E-state index in [-0.39, 0.29) is 15.7 Å². The van der Waals surface area contributed by atoms with Gasteiger partial charge in [-0.1, -0.05) is 11.6 Å². The van der Waals surface area contributed by atoms with Crippen molar-refractivity contribution in [3.63, 3.8) is 0 Å². The number of halogens is 3. The summed E-state index contributed by atoms with van der Waals surface area (Å²) < 4.78 is 22.4. The standard InChI is InChI=1S/C7H3Cl3N2O2S/c8-3-1-2-4(15(10,13)14)6-5(3)11-7(9)12-6/h1-2H,(H,11,12). The molecule has 0 bridgehead atoms. The van der Waals surface area contributed by atoms with Crippen LogP contribution in [0.2, 0.25) is 10.3 Å². The van der Waals surface area contributed by atoms with Gasteiger partial charge in [0.15, 0.2) is 0 Å². The molecular formula is C7H3Cl3N2O2S. The highest BCUT2D eigenvalue weighted by molar-refractivity contribution is 8.14. The summed E-state index contributed by atoms with van der Waals surface area (Å²) >= 11 is 11.4. The zero-order valence-electron chi connectivity index (χ0n) is 6.96. The lowest BCUT2D eigenvalue weighted by Gasteiger charge is -1.98. The maximum atomic E-state index is 11.2. The van der Waals surface area contributed by atoms with Crippen molar-refractivity contribution in [2.75, 3.05) is 0 Å². The number of aromatic nitrogens is 2. The van der Waals surface area contributed by atoms with Crippen LogP contribution < -0.4 is 0 Å². The molecule has 8 heteroatoms. The molecule has 80 valence electrons. The van der Waals surface area contributed by atoms with E-state index in [0.717, 1.165) is 0 Å². The van der Waals surface area contributed by atoms with Crippen LogP contribution in [-0.2, 0) is 9.05 Å². The first-order chi connectivity index (χ1) is 6.89. The quantitative estimate of drug-likeness (QED) is 0.820. The Morgan fingerprint density at radius 2 is 1.93 bits per heavy atom. The number of hydrogen-bond acceptors (Lipinski definition) is 3. The van der Waals surface area contributed by atoms with Crippen LogP contribution in [0.25, 0.3) is 11.0 Å². The number of nitrogens with zero attached hydrogens (tertiary/aromatic N) is 1. The Bertz CT molecular complexity index is 635. The van der Waals surface area contributed by atoms with Crippen molar-refractivity contribution in [2.24, 2.45) is 0 Å². The molecule has 0 saturated heterocycles. The molecule has 15 heavy (non-hydrogen) atoms. The lowest BCUT2D eigenvalue weighted by atomic mass is 10.3. The smallest absolute Gasteiger partial charge is 0.263 e. The topological polar surface area (TPSA) is 62.8 Å². The molecule has 0 fully saturated rings. The Hall–Kier alpha value is -0.490. The van der Waals surface area contributed by atoms with Crippen LogP contribution in [0.5, 0.6) is 0 Å². The highest BCUT2D eigenvalue weighted by Crippen LogP contribution is 2.30. The zero-order chi connectivity index (χ0) is 11.2. The Morgan fingerprint density at radius 1 is 1.27 bits per heavy atom. The van der Waals surface area contributed by atoms with Gasteiger partial charge < -0.3 is 4.98 Å². The third kappa shape index (κ3) is 1.92. The van der Waals surface area contributed by atoms with Gasteiger partial charge in [0.25, 0.3) is 9.05 Å². The van der Waals surface area contributed by atoms with Crippen molar-refractivity contribution in [3.05, 3.63) is 22.4 Å². The number of imidazole rings is 1. The summed E-state index contributed by atoms with van der Waals surface area (Å²) in [5.41, 5.74) is 0.492. The van der Waals surface area contributed by atoms with E-state index in [1.54, 1.807) is 0 Å². The lowest BCUT2D eigenvalue weighted by Crippen LogP contribution is -1.92. The van der Waals surface area contributed by atoms with E-state index in [1.165, 1.54) is 12.1 Å². The van der Waals surface area contributed by atoms with E-state index in [4.69, 9.17) is 33.9 Å². The molecule has 1 N–H and O–H groups in total. The largest absolute Gasteiger partial charge is 0.327 e. The number of aromatic amines is 1. The van der Waals surface area contributed by atoms with E-state index in [2.05, 4.69) is 9.97 Å². The second-order valence-electron chi connectivity index (χ2n) is 2.73. The molecule has 0 saturated carbocycles. The predicted octanol–water partition coefficient (Wildman–Crippen LogP) is 2.80. The first-order valence-electron chi connectivity index (χ1n) is 3.68. The van der Waals surface area contributed by atoms with Gasteiger partial charge in [-0.2, -0.15) is 0 Å². The average Bonchev–Trinajstić information content (AvgIpc) is 2.45. The van der Waals surface area contributed by atoms with Crippen LogP contribution in [0.15, 0.2) is 17.0 Å². The SMILES string of the molecule is O=S(=O)(Cl)c1ccc(Cl)c2[nH]c(Cl)nc12. The fourth-order valence-corrected chi connectivity index (χ4v) is 2.56. The number of fused-ring (bicyclic) bond motifs is 1. The van der Waals surface area contributed by atoms with Crippen molar-refractivity contribution in [1.82, 2.24) is 9.97 Å².